The standard InChI is InChI=1S/C27H20Cl2N2O4S/c1-3-34-26(33)23-15(2)30-27-31(24(23)16-7-9-18(28)10-8-16)25(32)22(36-27)14-20-11-12-21(35-20)17-5-4-6-19(29)13-17/h4-14,24H,3H2,1-2H3/b22-14+/t24-/m0/s1. The molecule has 3 heterocycles. The van der Waals surface area contributed by atoms with E-state index in [1.165, 1.54) is 15.9 Å². The summed E-state index contributed by atoms with van der Waals surface area (Å²) in [6, 6.07) is 17.3. The molecule has 0 bridgehead atoms. The van der Waals surface area contributed by atoms with Gasteiger partial charge in [-0.25, -0.2) is 9.79 Å². The molecule has 182 valence electrons. The molecular weight excluding hydrogens is 519 g/mol. The molecule has 0 radical (unpaired) electrons. The van der Waals surface area contributed by atoms with Crippen molar-refractivity contribution in [2.45, 2.75) is 19.9 Å². The first-order valence-corrected chi connectivity index (χ1v) is 12.7. The molecule has 36 heavy (non-hydrogen) atoms. The number of halogens is 2. The highest BCUT2D eigenvalue weighted by molar-refractivity contribution is 7.07. The molecule has 0 amide bonds. The van der Waals surface area contributed by atoms with E-state index in [0.29, 0.717) is 42.2 Å². The molecule has 0 fully saturated rings. The number of nitrogens with zero attached hydrogens (tertiary/aromatic N) is 2. The third-order valence-corrected chi connectivity index (χ3v) is 7.18. The molecule has 0 saturated carbocycles. The Balaban J connectivity index is 1.64. The Bertz CT molecular complexity index is 1680. The summed E-state index contributed by atoms with van der Waals surface area (Å²) in [5, 5.41) is 1.16. The van der Waals surface area contributed by atoms with Crippen LogP contribution in [0.2, 0.25) is 10.0 Å². The highest BCUT2D eigenvalue weighted by Gasteiger charge is 2.33. The van der Waals surface area contributed by atoms with Crippen LogP contribution in [0.15, 0.2) is 86.1 Å². The Hall–Kier alpha value is -3.39. The van der Waals surface area contributed by atoms with E-state index in [-0.39, 0.29) is 12.2 Å². The van der Waals surface area contributed by atoms with E-state index in [9.17, 15) is 9.59 Å². The summed E-state index contributed by atoms with van der Waals surface area (Å²) in [4.78, 5) is 31.6. The van der Waals surface area contributed by atoms with E-state index in [1.807, 2.05) is 24.3 Å². The Morgan fingerprint density at radius 1 is 1.14 bits per heavy atom. The van der Waals surface area contributed by atoms with E-state index in [0.717, 1.165) is 11.1 Å². The number of benzene rings is 2. The van der Waals surface area contributed by atoms with Crippen molar-refractivity contribution >= 4 is 46.6 Å². The van der Waals surface area contributed by atoms with E-state index in [4.69, 9.17) is 32.4 Å². The molecule has 0 N–H and O–H groups in total. The second-order valence-corrected chi connectivity index (χ2v) is 9.95. The number of carbonyl (C=O) groups is 1. The zero-order valence-corrected chi connectivity index (χ0v) is 21.7. The summed E-state index contributed by atoms with van der Waals surface area (Å²) < 4.78 is 13.2. The monoisotopic (exact) mass is 538 g/mol. The summed E-state index contributed by atoms with van der Waals surface area (Å²) in [6.45, 7) is 3.69. The number of allylic oxidation sites excluding steroid dienone is 1. The predicted molar refractivity (Wildman–Crippen MR) is 141 cm³/mol. The van der Waals surface area contributed by atoms with Crippen molar-refractivity contribution in [2.75, 3.05) is 6.61 Å². The molecule has 5 rings (SSSR count). The van der Waals surface area contributed by atoms with Crippen LogP contribution in [0.25, 0.3) is 17.4 Å². The minimum Gasteiger partial charge on any atom is -0.463 e. The first-order valence-electron chi connectivity index (χ1n) is 11.2. The lowest BCUT2D eigenvalue weighted by atomic mass is 9.96. The number of carbonyl (C=O) groups excluding carboxylic acids is 1. The van der Waals surface area contributed by atoms with E-state index >= 15 is 0 Å². The summed E-state index contributed by atoms with van der Waals surface area (Å²) in [5.74, 6) is 0.640. The maximum absolute atomic E-state index is 13.6. The first kappa shape index (κ1) is 24.3. The van der Waals surface area contributed by atoms with Crippen LogP contribution < -0.4 is 14.9 Å². The third kappa shape index (κ3) is 4.57. The third-order valence-electron chi connectivity index (χ3n) is 5.71. The molecule has 0 spiro atoms. The summed E-state index contributed by atoms with van der Waals surface area (Å²) in [6.07, 6.45) is 1.68. The molecule has 4 aromatic rings. The van der Waals surface area contributed by atoms with Gasteiger partial charge < -0.3 is 9.15 Å². The van der Waals surface area contributed by atoms with Crippen molar-refractivity contribution in [1.82, 2.24) is 4.57 Å². The SMILES string of the molecule is CCOC(=O)C1=C(C)N=c2s/c(=C/c3ccc(-c4cccc(Cl)c4)o3)c(=O)n2[C@H]1c1ccc(Cl)cc1. The first-order chi connectivity index (χ1) is 17.4. The van der Waals surface area contributed by atoms with E-state index < -0.39 is 12.0 Å². The number of esters is 1. The zero-order valence-electron chi connectivity index (χ0n) is 19.3. The maximum Gasteiger partial charge on any atom is 0.338 e. The molecule has 1 atom stereocenters. The fourth-order valence-electron chi connectivity index (χ4n) is 4.11. The molecule has 9 heteroatoms. The lowest BCUT2D eigenvalue weighted by molar-refractivity contribution is -0.139. The highest BCUT2D eigenvalue weighted by atomic mass is 35.5. The van der Waals surface area contributed by atoms with Crippen molar-refractivity contribution in [3.63, 3.8) is 0 Å². The van der Waals surface area contributed by atoms with Gasteiger partial charge in [0.25, 0.3) is 5.56 Å². The lowest BCUT2D eigenvalue weighted by Gasteiger charge is -2.24. The number of aromatic nitrogens is 1. The van der Waals surface area contributed by atoms with Crippen molar-refractivity contribution in [1.29, 1.82) is 0 Å². The number of hydrogen-bond acceptors (Lipinski definition) is 6. The number of rotatable bonds is 5. The van der Waals surface area contributed by atoms with E-state index in [1.54, 1.807) is 56.3 Å². The molecule has 0 aliphatic carbocycles. The van der Waals surface area contributed by atoms with Crippen LogP contribution in [0.1, 0.15) is 31.2 Å². The van der Waals surface area contributed by atoms with Gasteiger partial charge in [0.1, 0.15) is 11.5 Å². The Labute approximate surface area is 220 Å². The molecule has 2 aromatic heterocycles. The van der Waals surface area contributed by atoms with Gasteiger partial charge in [0.05, 0.1) is 28.5 Å². The van der Waals surface area contributed by atoms with Crippen LogP contribution in [0.3, 0.4) is 0 Å². The minimum atomic E-state index is -0.696. The second-order valence-electron chi connectivity index (χ2n) is 8.07. The van der Waals surface area contributed by atoms with Crippen molar-refractivity contribution in [2.24, 2.45) is 4.99 Å². The number of fused-ring (bicyclic) bond motifs is 1. The summed E-state index contributed by atoms with van der Waals surface area (Å²) in [7, 11) is 0. The minimum absolute atomic E-state index is 0.209. The number of hydrogen-bond donors (Lipinski definition) is 0. The fraction of sp³-hybridized carbons (Fsp3) is 0.148. The number of thiazole rings is 1. The van der Waals surface area contributed by atoms with Crippen molar-refractivity contribution < 1.29 is 13.9 Å². The van der Waals surface area contributed by atoms with Gasteiger partial charge >= 0.3 is 5.97 Å². The molecule has 6 nitrogen and oxygen atoms in total. The zero-order chi connectivity index (χ0) is 25.4. The maximum atomic E-state index is 13.6. The van der Waals surface area contributed by atoms with Crippen LogP contribution >= 0.6 is 34.5 Å². The smallest absolute Gasteiger partial charge is 0.338 e. The van der Waals surface area contributed by atoms with Gasteiger partial charge in [0, 0.05) is 21.7 Å². The van der Waals surface area contributed by atoms with Gasteiger partial charge in [-0.05, 0) is 55.8 Å². The topological polar surface area (TPSA) is 73.8 Å². The van der Waals surface area contributed by atoms with Crippen molar-refractivity contribution in [3.8, 4) is 11.3 Å². The molecule has 1 aliphatic heterocycles. The average Bonchev–Trinajstić information content (AvgIpc) is 3.43. The Morgan fingerprint density at radius 3 is 2.64 bits per heavy atom. The Kier molecular flexibility index (Phi) is 6.71. The van der Waals surface area contributed by atoms with Crippen LogP contribution in [0, 0.1) is 0 Å². The fourth-order valence-corrected chi connectivity index (χ4v) is 5.45. The van der Waals surface area contributed by atoms with Crippen LogP contribution in [0.5, 0.6) is 0 Å². The largest absolute Gasteiger partial charge is 0.463 e. The van der Waals surface area contributed by atoms with E-state index in [2.05, 4.69) is 4.99 Å². The van der Waals surface area contributed by atoms with Crippen LogP contribution in [0.4, 0.5) is 0 Å². The summed E-state index contributed by atoms with van der Waals surface area (Å²) in [5.41, 5.74) is 2.10. The van der Waals surface area contributed by atoms with Crippen LogP contribution in [-0.4, -0.2) is 17.1 Å². The predicted octanol–water partition coefficient (Wildman–Crippen LogP) is 5.37. The molecular formula is C27H20Cl2N2O4S. The Morgan fingerprint density at radius 2 is 1.92 bits per heavy atom. The van der Waals surface area contributed by atoms with Crippen LogP contribution in [-0.2, 0) is 9.53 Å². The quantitative estimate of drug-likeness (QED) is 0.320. The number of furan rings is 1. The second kappa shape index (κ2) is 9.93. The normalized spacial score (nSPS) is 15.6. The van der Waals surface area contributed by atoms with Gasteiger partial charge in [-0.2, -0.15) is 0 Å². The van der Waals surface area contributed by atoms with Gasteiger partial charge in [-0.15, -0.1) is 0 Å². The van der Waals surface area contributed by atoms with Crippen molar-refractivity contribution in [3.05, 3.63) is 113 Å². The molecule has 2 aromatic carbocycles. The average molecular weight is 539 g/mol. The molecule has 0 saturated heterocycles. The summed E-state index contributed by atoms with van der Waals surface area (Å²) >= 11 is 13.4. The molecule has 1 aliphatic rings. The highest BCUT2D eigenvalue weighted by Crippen LogP contribution is 2.31. The molecule has 0 unspecified atom stereocenters. The van der Waals surface area contributed by atoms with Gasteiger partial charge in [0.15, 0.2) is 4.80 Å². The number of ether oxygens (including phenoxy) is 1. The van der Waals surface area contributed by atoms with Gasteiger partial charge in [0.2, 0.25) is 0 Å². The van der Waals surface area contributed by atoms with Gasteiger partial charge in [-0.1, -0.05) is 58.8 Å². The van der Waals surface area contributed by atoms with Gasteiger partial charge in [-0.3, -0.25) is 9.36 Å². The lowest BCUT2D eigenvalue weighted by Crippen LogP contribution is -2.39.